The Morgan fingerprint density at radius 3 is 2.79 bits per heavy atom. The number of nitrogen functional groups attached to an aromatic ring is 1. The number of nitrogens with two attached hydrogens (primary N) is 1. The van der Waals surface area contributed by atoms with Gasteiger partial charge in [0.05, 0.1) is 5.69 Å². The topological polar surface area (TPSA) is 69.1 Å². The number of aryl methyl sites for hydroxylation is 2. The summed E-state index contributed by atoms with van der Waals surface area (Å²) in [5.41, 5.74) is 9.29. The smallest absolute Gasteiger partial charge is 0.171 e. The fourth-order valence-corrected chi connectivity index (χ4v) is 2.51. The van der Waals surface area contributed by atoms with E-state index in [0.717, 1.165) is 27.2 Å². The van der Waals surface area contributed by atoms with Crippen LogP contribution in [0.25, 0.3) is 17.0 Å². The molecule has 19 heavy (non-hydrogen) atoms. The van der Waals surface area contributed by atoms with Crippen molar-refractivity contribution in [2.24, 2.45) is 0 Å². The predicted molar refractivity (Wildman–Crippen MR) is 77.8 cm³/mol. The molecule has 2 aromatic heterocycles. The van der Waals surface area contributed by atoms with E-state index in [2.05, 4.69) is 31.1 Å². The van der Waals surface area contributed by atoms with Crippen molar-refractivity contribution in [3.05, 3.63) is 40.3 Å². The molecule has 1 aromatic carbocycles. The molecule has 5 nitrogen and oxygen atoms in total. The number of fused-ring (bicyclic) bond motifs is 1. The van der Waals surface area contributed by atoms with Crippen molar-refractivity contribution in [2.45, 2.75) is 13.8 Å². The molecule has 0 aliphatic rings. The summed E-state index contributed by atoms with van der Waals surface area (Å²) in [4.78, 5) is 4.44. The van der Waals surface area contributed by atoms with Crippen LogP contribution in [0.15, 0.2) is 28.7 Å². The number of rotatable bonds is 1. The maximum absolute atomic E-state index is 6.10. The van der Waals surface area contributed by atoms with Gasteiger partial charge in [-0.1, -0.05) is 6.07 Å². The SMILES string of the molecule is Cc1cc2nnc(-c3cccc(Br)c3N)n2c(C)n1. The van der Waals surface area contributed by atoms with Crippen molar-refractivity contribution in [3.63, 3.8) is 0 Å². The summed E-state index contributed by atoms with van der Waals surface area (Å²) in [7, 11) is 0. The van der Waals surface area contributed by atoms with Crippen LogP contribution in [0, 0.1) is 13.8 Å². The molecule has 2 heterocycles. The van der Waals surface area contributed by atoms with Crippen LogP contribution < -0.4 is 5.73 Å². The zero-order valence-corrected chi connectivity index (χ0v) is 12.1. The predicted octanol–water partition coefficient (Wildman–Crippen LogP) is 2.75. The van der Waals surface area contributed by atoms with Gasteiger partial charge in [-0.05, 0) is 41.9 Å². The standard InChI is InChI=1S/C13H12BrN5/c1-7-6-11-17-18-13(19(11)8(2)16-7)9-4-3-5-10(14)12(9)15/h3-6H,15H2,1-2H3. The van der Waals surface area contributed by atoms with Crippen molar-refractivity contribution in [3.8, 4) is 11.4 Å². The molecule has 0 saturated heterocycles. The highest BCUT2D eigenvalue weighted by Crippen LogP contribution is 2.31. The molecule has 0 amide bonds. The number of hydrogen-bond donors (Lipinski definition) is 1. The third kappa shape index (κ3) is 1.88. The van der Waals surface area contributed by atoms with Crippen molar-refractivity contribution in [1.29, 1.82) is 0 Å². The summed E-state index contributed by atoms with van der Waals surface area (Å²) in [5.74, 6) is 1.55. The van der Waals surface area contributed by atoms with E-state index in [1.165, 1.54) is 0 Å². The molecule has 0 aliphatic carbocycles. The van der Waals surface area contributed by atoms with E-state index in [9.17, 15) is 0 Å². The minimum Gasteiger partial charge on any atom is -0.397 e. The van der Waals surface area contributed by atoms with Gasteiger partial charge in [0.15, 0.2) is 11.5 Å². The zero-order chi connectivity index (χ0) is 13.6. The first-order chi connectivity index (χ1) is 9.08. The van der Waals surface area contributed by atoms with Crippen LogP contribution in [0.4, 0.5) is 5.69 Å². The maximum atomic E-state index is 6.10. The summed E-state index contributed by atoms with van der Waals surface area (Å²) in [6, 6.07) is 7.65. The van der Waals surface area contributed by atoms with Crippen molar-refractivity contribution in [2.75, 3.05) is 5.73 Å². The monoisotopic (exact) mass is 317 g/mol. The Bertz CT molecular complexity index is 778. The summed E-state index contributed by atoms with van der Waals surface area (Å²) >= 11 is 3.43. The van der Waals surface area contributed by atoms with E-state index in [0.29, 0.717) is 11.5 Å². The number of halogens is 1. The lowest BCUT2D eigenvalue weighted by atomic mass is 10.1. The number of aromatic nitrogens is 4. The van der Waals surface area contributed by atoms with Gasteiger partial charge in [-0.15, -0.1) is 10.2 Å². The highest BCUT2D eigenvalue weighted by Gasteiger charge is 2.14. The van der Waals surface area contributed by atoms with Crippen LogP contribution >= 0.6 is 15.9 Å². The molecule has 0 spiro atoms. The molecule has 0 radical (unpaired) electrons. The molecule has 0 atom stereocenters. The molecule has 0 saturated carbocycles. The number of hydrogen-bond acceptors (Lipinski definition) is 4. The normalized spacial score (nSPS) is 11.1. The van der Waals surface area contributed by atoms with E-state index in [-0.39, 0.29) is 0 Å². The van der Waals surface area contributed by atoms with Gasteiger partial charge >= 0.3 is 0 Å². The van der Waals surface area contributed by atoms with Gasteiger partial charge in [-0.2, -0.15) is 0 Å². The first-order valence-electron chi connectivity index (χ1n) is 5.81. The number of anilines is 1. The molecule has 0 aliphatic heterocycles. The fraction of sp³-hybridized carbons (Fsp3) is 0.154. The molecule has 0 fully saturated rings. The Hall–Kier alpha value is -1.95. The molecule has 3 aromatic rings. The zero-order valence-electron chi connectivity index (χ0n) is 10.6. The van der Waals surface area contributed by atoms with Gasteiger partial charge in [0.2, 0.25) is 0 Å². The maximum Gasteiger partial charge on any atom is 0.171 e. The molecule has 3 rings (SSSR count). The first kappa shape index (κ1) is 12.1. The van der Waals surface area contributed by atoms with E-state index in [4.69, 9.17) is 5.73 Å². The number of benzene rings is 1. The van der Waals surface area contributed by atoms with Gasteiger partial charge < -0.3 is 5.73 Å². The minimum absolute atomic E-state index is 0.650. The van der Waals surface area contributed by atoms with E-state index in [1.54, 1.807) is 0 Å². The molecular weight excluding hydrogens is 306 g/mol. The van der Waals surface area contributed by atoms with Crippen LogP contribution in [0.1, 0.15) is 11.5 Å². The molecule has 6 heteroatoms. The average Bonchev–Trinajstić information content (AvgIpc) is 2.76. The average molecular weight is 318 g/mol. The van der Waals surface area contributed by atoms with Gasteiger partial charge in [0.25, 0.3) is 0 Å². The Kier molecular flexibility index (Phi) is 2.74. The Labute approximate surface area is 118 Å². The van der Waals surface area contributed by atoms with Crippen LogP contribution in [-0.2, 0) is 0 Å². The van der Waals surface area contributed by atoms with Gasteiger partial charge in [0.1, 0.15) is 5.82 Å². The van der Waals surface area contributed by atoms with E-state index < -0.39 is 0 Å². The molecule has 2 N–H and O–H groups in total. The third-order valence-electron chi connectivity index (χ3n) is 2.98. The lowest BCUT2D eigenvalue weighted by molar-refractivity contribution is 0.962. The Morgan fingerprint density at radius 2 is 2.00 bits per heavy atom. The first-order valence-corrected chi connectivity index (χ1v) is 6.61. The lowest BCUT2D eigenvalue weighted by Crippen LogP contribution is -2.01. The third-order valence-corrected chi connectivity index (χ3v) is 3.67. The second kappa shape index (κ2) is 4.31. The van der Waals surface area contributed by atoms with Crippen molar-refractivity contribution >= 4 is 27.3 Å². The van der Waals surface area contributed by atoms with Crippen LogP contribution in [0.3, 0.4) is 0 Å². The largest absolute Gasteiger partial charge is 0.397 e. The second-order valence-corrected chi connectivity index (χ2v) is 5.22. The molecule has 96 valence electrons. The molecule has 0 unspecified atom stereocenters. The minimum atomic E-state index is 0.650. The Morgan fingerprint density at radius 1 is 1.21 bits per heavy atom. The van der Waals surface area contributed by atoms with Crippen molar-refractivity contribution in [1.82, 2.24) is 19.6 Å². The Balaban J connectivity index is 2.35. The van der Waals surface area contributed by atoms with Gasteiger partial charge in [0, 0.05) is 21.8 Å². The highest BCUT2D eigenvalue weighted by atomic mass is 79.9. The van der Waals surface area contributed by atoms with Crippen LogP contribution in [-0.4, -0.2) is 19.6 Å². The van der Waals surface area contributed by atoms with Gasteiger partial charge in [-0.3, -0.25) is 4.40 Å². The number of nitrogens with zero attached hydrogens (tertiary/aromatic N) is 4. The van der Waals surface area contributed by atoms with E-state index >= 15 is 0 Å². The summed E-state index contributed by atoms with van der Waals surface area (Å²) in [6.45, 7) is 3.87. The summed E-state index contributed by atoms with van der Waals surface area (Å²) in [5, 5.41) is 8.43. The fourth-order valence-electron chi connectivity index (χ4n) is 2.14. The quantitative estimate of drug-likeness (QED) is 0.701. The van der Waals surface area contributed by atoms with Gasteiger partial charge in [-0.25, -0.2) is 4.98 Å². The molecule has 0 bridgehead atoms. The second-order valence-electron chi connectivity index (χ2n) is 4.36. The van der Waals surface area contributed by atoms with Crippen molar-refractivity contribution < 1.29 is 0 Å². The van der Waals surface area contributed by atoms with Crippen LogP contribution in [0.5, 0.6) is 0 Å². The lowest BCUT2D eigenvalue weighted by Gasteiger charge is -2.07. The van der Waals surface area contributed by atoms with Crippen LogP contribution in [0.2, 0.25) is 0 Å². The highest BCUT2D eigenvalue weighted by molar-refractivity contribution is 9.10. The number of para-hydroxylation sites is 1. The summed E-state index contributed by atoms with van der Waals surface area (Å²) < 4.78 is 2.75. The molecular formula is C13H12BrN5. The summed E-state index contributed by atoms with van der Waals surface area (Å²) in [6.07, 6.45) is 0. The van der Waals surface area contributed by atoms with E-state index in [1.807, 2.05) is 42.5 Å².